The van der Waals surface area contributed by atoms with E-state index < -0.39 is 40.4 Å². The lowest BCUT2D eigenvalue weighted by Crippen LogP contribution is -2.59. The van der Waals surface area contributed by atoms with Crippen molar-refractivity contribution in [2.45, 2.75) is 65.6 Å². The maximum Gasteiger partial charge on any atom is 0.331 e. The Morgan fingerprint density at radius 2 is 1.84 bits per heavy atom. The topological polar surface area (TPSA) is 96.0 Å². The molecule has 0 bridgehead atoms. The Morgan fingerprint density at radius 1 is 1.16 bits per heavy atom. The van der Waals surface area contributed by atoms with Crippen LogP contribution in [0.15, 0.2) is 22.8 Å². The highest BCUT2D eigenvalue weighted by molar-refractivity contribution is 6.32. The first-order chi connectivity index (χ1) is 14.9. The van der Waals surface area contributed by atoms with Gasteiger partial charge in [-0.3, -0.25) is 14.4 Å². The van der Waals surface area contributed by atoms with Crippen LogP contribution in [0.3, 0.4) is 0 Å². The van der Waals surface area contributed by atoms with Gasteiger partial charge in [-0.1, -0.05) is 31.5 Å². The van der Waals surface area contributed by atoms with Crippen LogP contribution in [0.4, 0.5) is 0 Å². The quantitative estimate of drug-likeness (QED) is 0.466. The van der Waals surface area contributed by atoms with Crippen LogP contribution in [0.2, 0.25) is 0 Å². The van der Waals surface area contributed by atoms with E-state index in [1.165, 1.54) is 26.8 Å². The molecule has 0 amide bonds. The third kappa shape index (κ3) is 3.07. The fourth-order valence-corrected chi connectivity index (χ4v) is 7.52. The summed E-state index contributed by atoms with van der Waals surface area (Å²) in [6.07, 6.45) is 4.20. The molecule has 7 nitrogen and oxygen atoms in total. The van der Waals surface area contributed by atoms with Crippen LogP contribution in [0.5, 0.6) is 0 Å². The van der Waals surface area contributed by atoms with Crippen molar-refractivity contribution in [3.05, 3.63) is 22.8 Å². The molecule has 0 spiro atoms. The molecule has 1 aliphatic heterocycles. The molecular formula is C24H29ClO7. The summed E-state index contributed by atoms with van der Waals surface area (Å²) in [5.41, 5.74) is -1.86. The second-order valence-electron chi connectivity index (χ2n) is 10.1. The molecule has 0 N–H and O–H groups in total. The van der Waals surface area contributed by atoms with Gasteiger partial charge in [0.25, 0.3) is 0 Å². The Labute approximate surface area is 192 Å². The SMILES string of the molecule is CC(=O)OC1C[C@](OC(C)=O)(C(C)=O)[C@@]2(C)CC[C@H]3[C@@H](C=C(Cl)C4=CC(=O)OC[C@@]43C)[C@H]12. The number of fused-ring (bicyclic) bond motifs is 5. The van der Waals surface area contributed by atoms with E-state index in [-0.39, 0.29) is 36.6 Å². The zero-order valence-corrected chi connectivity index (χ0v) is 19.8. The molecule has 4 rings (SSSR count). The molecule has 4 aliphatic rings. The number of esters is 3. The van der Waals surface area contributed by atoms with Crippen LogP contribution in [-0.4, -0.2) is 42.0 Å². The Kier molecular flexibility index (Phi) is 5.35. The third-order valence-corrected chi connectivity index (χ3v) is 8.74. The summed E-state index contributed by atoms with van der Waals surface area (Å²) in [5.74, 6) is -2.05. The molecule has 174 valence electrons. The highest BCUT2D eigenvalue weighted by Crippen LogP contribution is 2.67. The molecule has 1 unspecified atom stereocenters. The number of ether oxygens (including phenoxy) is 3. The number of allylic oxidation sites excluding steroid dienone is 2. The second kappa shape index (κ2) is 7.44. The molecule has 7 atom stereocenters. The van der Waals surface area contributed by atoms with Crippen molar-refractivity contribution < 1.29 is 33.4 Å². The van der Waals surface area contributed by atoms with E-state index >= 15 is 0 Å². The third-order valence-electron chi connectivity index (χ3n) is 8.41. The lowest BCUT2D eigenvalue weighted by Gasteiger charge is -2.57. The van der Waals surface area contributed by atoms with Crippen molar-refractivity contribution in [2.75, 3.05) is 6.61 Å². The zero-order valence-electron chi connectivity index (χ0n) is 19.0. The van der Waals surface area contributed by atoms with Gasteiger partial charge in [0.2, 0.25) is 0 Å². The molecule has 0 aromatic rings. The Morgan fingerprint density at radius 3 is 2.44 bits per heavy atom. The maximum atomic E-state index is 13.0. The first-order valence-electron chi connectivity index (χ1n) is 11.0. The van der Waals surface area contributed by atoms with Gasteiger partial charge in [0.15, 0.2) is 11.4 Å². The lowest BCUT2D eigenvalue weighted by molar-refractivity contribution is -0.186. The number of carbonyl (C=O) groups is 4. The number of ketones is 1. The largest absolute Gasteiger partial charge is 0.462 e. The molecule has 0 aromatic heterocycles. The molecule has 1 heterocycles. The molecule has 2 saturated carbocycles. The van der Waals surface area contributed by atoms with E-state index in [0.717, 1.165) is 5.57 Å². The minimum atomic E-state index is -1.38. The lowest BCUT2D eigenvalue weighted by atomic mass is 9.49. The van der Waals surface area contributed by atoms with E-state index in [9.17, 15) is 19.2 Å². The number of hydrogen-bond donors (Lipinski definition) is 0. The Bertz CT molecular complexity index is 967. The predicted octanol–water partition coefficient (Wildman–Crippen LogP) is 3.49. The van der Waals surface area contributed by atoms with Gasteiger partial charge in [-0.05, 0) is 37.2 Å². The van der Waals surface area contributed by atoms with Crippen molar-refractivity contribution in [3.63, 3.8) is 0 Å². The van der Waals surface area contributed by atoms with Gasteiger partial charge in [0.1, 0.15) is 12.7 Å². The van der Waals surface area contributed by atoms with Gasteiger partial charge >= 0.3 is 17.9 Å². The summed E-state index contributed by atoms with van der Waals surface area (Å²) in [4.78, 5) is 49.0. The number of cyclic esters (lactones) is 1. The van der Waals surface area contributed by atoms with Gasteiger partial charge < -0.3 is 14.2 Å². The van der Waals surface area contributed by atoms with Crippen LogP contribution in [0.1, 0.15) is 53.9 Å². The van der Waals surface area contributed by atoms with Crippen molar-refractivity contribution in [1.29, 1.82) is 0 Å². The highest BCUT2D eigenvalue weighted by Gasteiger charge is 2.72. The minimum Gasteiger partial charge on any atom is -0.462 e. The molecule has 2 fully saturated rings. The van der Waals surface area contributed by atoms with Gasteiger partial charge in [-0.2, -0.15) is 0 Å². The van der Waals surface area contributed by atoms with Gasteiger partial charge in [0, 0.05) is 48.1 Å². The van der Waals surface area contributed by atoms with Gasteiger partial charge in [-0.15, -0.1) is 0 Å². The summed E-state index contributed by atoms with van der Waals surface area (Å²) in [6, 6.07) is 0. The first-order valence-corrected chi connectivity index (χ1v) is 11.4. The Hall–Kier alpha value is -2.15. The molecular weight excluding hydrogens is 436 g/mol. The number of rotatable bonds is 3. The standard InChI is InChI=1S/C24H29ClO7/c1-12(26)24(32-14(3)28)10-19(31-13(2)27)21-15-8-18(25)17-9-20(29)30-11-22(17,4)16(15)6-7-23(21,24)5/h8-9,15-16,19,21H,6-7,10-11H2,1-5H3/t15-,16+,19?,21-,22-,23+,24+/m1/s1. The number of carbonyl (C=O) groups excluding carboxylic acids is 4. The van der Waals surface area contributed by atoms with Crippen LogP contribution in [0, 0.1) is 28.6 Å². The van der Waals surface area contributed by atoms with Crippen molar-refractivity contribution in [2.24, 2.45) is 28.6 Å². The fraction of sp³-hybridized carbons (Fsp3) is 0.667. The monoisotopic (exact) mass is 464 g/mol. The van der Waals surface area contributed by atoms with Crippen LogP contribution in [0.25, 0.3) is 0 Å². The van der Waals surface area contributed by atoms with E-state index in [4.69, 9.17) is 25.8 Å². The van der Waals surface area contributed by atoms with Gasteiger partial charge in [0.05, 0.1) is 0 Å². The summed E-state index contributed by atoms with van der Waals surface area (Å²) in [6.45, 7) is 8.27. The molecule has 32 heavy (non-hydrogen) atoms. The van der Waals surface area contributed by atoms with Crippen LogP contribution < -0.4 is 0 Å². The van der Waals surface area contributed by atoms with Crippen molar-refractivity contribution in [3.8, 4) is 0 Å². The second-order valence-corrected chi connectivity index (χ2v) is 10.5. The average molecular weight is 465 g/mol. The summed E-state index contributed by atoms with van der Waals surface area (Å²) in [5, 5.41) is 0.476. The molecule has 3 aliphatic carbocycles. The molecule has 8 heteroatoms. The smallest absolute Gasteiger partial charge is 0.331 e. The molecule has 0 radical (unpaired) electrons. The van der Waals surface area contributed by atoms with E-state index in [0.29, 0.717) is 17.9 Å². The van der Waals surface area contributed by atoms with Crippen molar-refractivity contribution in [1.82, 2.24) is 0 Å². The fourth-order valence-electron chi connectivity index (χ4n) is 7.11. The highest BCUT2D eigenvalue weighted by atomic mass is 35.5. The summed E-state index contributed by atoms with van der Waals surface area (Å²) >= 11 is 6.70. The van der Waals surface area contributed by atoms with Crippen LogP contribution in [-0.2, 0) is 33.4 Å². The van der Waals surface area contributed by atoms with Crippen LogP contribution >= 0.6 is 11.6 Å². The normalized spacial score (nSPS) is 42.4. The average Bonchev–Trinajstić information content (AvgIpc) is 2.91. The minimum absolute atomic E-state index is 0.0561. The van der Waals surface area contributed by atoms with E-state index in [1.807, 2.05) is 19.9 Å². The molecule has 0 aromatic carbocycles. The number of halogens is 1. The van der Waals surface area contributed by atoms with Gasteiger partial charge in [-0.25, -0.2) is 4.79 Å². The zero-order chi connectivity index (χ0) is 23.6. The predicted molar refractivity (Wildman–Crippen MR) is 114 cm³/mol. The summed E-state index contributed by atoms with van der Waals surface area (Å²) in [7, 11) is 0. The number of hydrogen-bond acceptors (Lipinski definition) is 7. The Balaban J connectivity index is 1.88. The summed E-state index contributed by atoms with van der Waals surface area (Å²) < 4.78 is 16.9. The number of Topliss-reactive ketones (excluding diaryl/α,β-unsaturated/α-hetero) is 1. The first kappa shape index (κ1) is 23.0. The van der Waals surface area contributed by atoms with E-state index in [2.05, 4.69) is 0 Å². The maximum absolute atomic E-state index is 13.0. The van der Waals surface area contributed by atoms with Crippen molar-refractivity contribution >= 4 is 35.3 Å². The van der Waals surface area contributed by atoms with E-state index in [1.54, 1.807) is 0 Å². The molecule has 0 saturated heterocycles.